The molecule has 0 saturated carbocycles. The molecule has 0 spiro atoms. The van der Waals surface area contributed by atoms with Crippen molar-refractivity contribution in [3.05, 3.63) is 18.2 Å². The van der Waals surface area contributed by atoms with Gasteiger partial charge in [0.1, 0.15) is 0 Å². The number of aromatic nitrogens is 1. The number of nitrogens with one attached hydrogen (secondary N) is 1. The van der Waals surface area contributed by atoms with Crippen LogP contribution >= 0.6 is 23.1 Å². The summed E-state index contributed by atoms with van der Waals surface area (Å²) >= 11 is 3.35. The summed E-state index contributed by atoms with van der Waals surface area (Å²) in [5.74, 6) is 1.13. The summed E-state index contributed by atoms with van der Waals surface area (Å²) in [6, 6.07) is 6.24. The highest BCUT2D eigenvalue weighted by molar-refractivity contribution is 7.99. The molecule has 1 aromatic carbocycles. The third-order valence-electron chi connectivity index (χ3n) is 3.07. The predicted octanol–water partition coefficient (Wildman–Crippen LogP) is 5.54. The van der Waals surface area contributed by atoms with Gasteiger partial charge in [-0.05, 0) is 36.8 Å². The second kappa shape index (κ2) is 9.00. The largest absolute Gasteiger partial charge is 0.449 e. The second-order valence-corrected chi connectivity index (χ2v) is 7.16. The van der Waals surface area contributed by atoms with Crippen LogP contribution in [0.15, 0.2) is 23.1 Å². The topological polar surface area (TPSA) is 51.2 Å². The van der Waals surface area contributed by atoms with Crippen LogP contribution in [0.2, 0.25) is 0 Å². The molecule has 2 rings (SSSR count). The number of thioether (sulfide) groups is 1. The van der Waals surface area contributed by atoms with Gasteiger partial charge in [0.15, 0.2) is 5.13 Å². The third-order valence-corrected chi connectivity index (χ3v) is 5.08. The quantitative estimate of drug-likeness (QED) is 0.507. The van der Waals surface area contributed by atoms with Gasteiger partial charge < -0.3 is 4.74 Å². The molecule has 1 amide bonds. The summed E-state index contributed by atoms with van der Waals surface area (Å²) in [5.41, 5.74) is 0.911. The predicted molar refractivity (Wildman–Crippen MR) is 95.1 cm³/mol. The number of carbonyl (C=O) groups excluding carboxylic acids is 1. The maximum Gasteiger partial charge on any atom is 0.413 e. The van der Waals surface area contributed by atoms with Crippen LogP contribution in [0.4, 0.5) is 9.93 Å². The zero-order chi connectivity index (χ0) is 15.8. The van der Waals surface area contributed by atoms with E-state index in [0.717, 1.165) is 28.8 Å². The molecule has 0 aliphatic rings. The van der Waals surface area contributed by atoms with Crippen LogP contribution in [0.3, 0.4) is 0 Å². The second-order valence-electron chi connectivity index (χ2n) is 4.97. The maximum atomic E-state index is 11.6. The van der Waals surface area contributed by atoms with Crippen molar-refractivity contribution in [2.24, 2.45) is 0 Å². The van der Waals surface area contributed by atoms with Gasteiger partial charge in [0.05, 0.1) is 16.8 Å². The number of anilines is 1. The summed E-state index contributed by atoms with van der Waals surface area (Å²) in [6.07, 6.45) is 3.90. The number of rotatable bonds is 8. The van der Waals surface area contributed by atoms with Crippen molar-refractivity contribution in [1.82, 2.24) is 4.98 Å². The van der Waals surface area contributed by atoms with Crippen molar-refractivity contribution in [3.8, 4) is 0 Å². The van der Waals surface area contributed by atoms with Crippen LogP contribution < -0.4 is 5.32 Å². The van der Waals surface area contributed by atoms with Crippen molar-refractivity contribution >= 4 is 44.5 Å². The van der Waals surface area contributed by atoms with Crippen molar-refractivity contribution in [2.75, 3.05) is 17.7 Å². The molecule has 4 nitrogen and oxygen atoms in total. The Labute approximate surface area is 139 Å². The number of amides is 1. The highest BCUT2D eigenvalue weighted by atomic mass is 32.2. The lowest BCUT2D eigenvalue weighted by Crippen LogP contribution is -2.13. The van der Waals surface area contributed by atoms with Crippen molar-refractivity contribution in [3.63, 3.8) is 0 Å². The highest BCUT2D eigenvalue weighted by Crippen LogP contribution is 2.30. The Balaban J connectivity index is 1.96. The Hall–Kier alpha value is -1.27. The van der Waals surface area contributed by atoms with E-state index in [1.54, 1.807) is 0 Å². The number of nitrogens with zero attached hydrogens (tertiary/aromatic N) is 1. The lowest BCUT2D eigenvalue weighted by Gasteiger charge is -2.02. The van der Waals surface area contributed by atoms with Crippen LogP contribution in [0.1, 0.15) is 39.5 Å². The SMILES string of the molecule is CCCCOC(=O)Nc1nc2ccc(SCCCC)cc2s1. The van der Waals surface area contributed by atoms with Gasteiger partial charge in [0, 0.05) is 4.90 Å². The molecule has 1 aromatic heterocycles. The van der Waals surface area contributed by atoms with Crippen molar-refractivity contribution < 1.29 is 9.53 Å². The first kappa shape index (κ1) is 17.1. The minimum atomic E-state index is -0.426. The van der Waals surface area contributed by atoms with Crippen LogP contribution in [-0.2, 0) is 4.74 Å². The Bertz CT molecular complexity index is 613. The average Bonchev–Trinajstić information content (AvgIpc) is 2.89. The number of hydrogen-bond donors (Lipinski definition) is 1. The van der Waals surface area contributed by atoms with Gasteiger partial charge >= 0.3 is 6.09 Å². The van der Waals surface area contributed by atoms with E-state index in [-0.39, 0.29) is 0 Å². The lowest BCUT2D eigenvalue weighted by molar-refractivity contribution is 0.160. The maximum absolute atomic E-state index is 11.6. The third kappa shape index (κ3) is 5.18. The first-order valence-corrected chi connectivity index (χ1v) is 9.50. The fourth-order valence-corrected chi connectivity index (χ4v) is 3.81. The van der Waals surface area contributed by atoms with E-state index in [0.29, 0.717) is 11.7 Å². The van der Waals surface area contributed by atoms with E-state index in [4.69, 9.17) is 4.74 Å². The number of hydrogen-bond acceptors (Lipinski definition) is 5. The van der Waals surface area contributed by atoms with Gasteiger partial charge in [-0.2, -0.15) is 0 Å². The molecule has 0 radical (unpaired) electrons. The zero-order valence-electron chi connectivity index (χ0n) is 13.1. The summed E-state index contributed by atoms with van der Waals surface area (Å²) in [5, 5.41) is 3.29. The Kier molecular flexibility index (Phi) is 6.99. The van der Waals surface area contributed by atoms with E-state index >= 15 is 0 Å². The molecule has 0 saturated heterocycles. The van der Waals surface area contributed by atoms with E-state index in [1.165, 1.54) is 29.1 Å². The standard InChI is InChI=1S/C16H22N2O2S2/c1-3-5-9-20-16(19)18-15-17-13-8-7-12(11-14(13)22-15)21-10-6-4-2/h7-8,11H,3-6,9-10H2,1-2H3,(H,17,18,19). The number of unbranched alkanes of at least 4 members (excludes halogenated alkanes) is 2. The Morgan fingerprint density at radius 1 is 1.32 bits per heavy atom. The van der Waals surface area contributed by atoms with Crippen LogP contribution in [0.5, 0.6) is 0 Å². The van der Waals surface area contributed by atoms with Gasteiger partial charge in [-0.15, -0.1) is 11.8 Å². The molecule has 0 bridgehead atoms. The van der Waals surface area contributed by atoms with E-state index in [2.05, 4.69) is 36.3 Å². The van der Waals surface area contributed by atoms with Gasteiger partial charge in [-0.25, -0.2) is 9.78 Å². The molecule has 22 heavy (non-hydrogen) atoms. The summed E-state index contributed by atoms with van der Waals surface area (Å²) in [6.45, 7) is 4.71. The van der Waals surface area contributed by atoms with E-state index in [9.17, 15) is 4.79 Å². The monoisotopic (exact) mass is 338 g/mol. The molecule has 0 fully saturated rings. The number of thiazole rings is 1. The molecule has 2 aromatic rings. The molecular weight excluding hydrogens is 316 g/mol. The molecule has 0 aliphatic heterocycles. The minimum Gasteiger partial charge on any atom is -0.449 e. The molecule has 1 N–H and O–H groups in total. The van der Waals surface area contributed by atoms with Crippen LogP contribution in [0, 0.1) is 0 Å². The highest BCUT2D eigenvalue weighted by Gasteiger charge is 2.09. The summed E-state index contributed by atoms with van der Waals surface area (Å²) < 4.78 is 6.17. The number of benzene rings is 1. The van der Waals surface area contributed by atoms with Gasteiger partial charge in [0.25, 0.3) is 0 Å². The first-order valence-electron chi connectivity index (χ1n) is 7.70. The fourth-order valence-electron chi connectivity index (χ4n) is 1.82. The van der Waals surface area contributed by atoms with Gasteiger partial charge in [-0.3, -0.25) is 5.32 Å². The zero-order valence-corrected chi connectivity index (χ0v) is 14.7. The minimum absolute atomic E-state index is 0.426. The number of fused-ring (bicyclic) bond motifs is 1. The molecule has 0 aliphatic carbocycles. The fraction of sp³-hybridized carbons (Fsp3) is 0.500. The number of ether oxygens (including phenoxy) is 1. The average molecular weight is 338 g/mol. The van der Waals surface area contributed by atoms with Crippen LogP contribution in [-0.4, -0.2) is 23.4 Å². The van der Waals surface area contributed by atoms with Gasteiger partial charge in [0.2, 0.25) is 0 Å². The summed E-state index contributed by atoms with van der Waals surface area (Å²) in [4.78, 5) is 17.3. The Morgan fingerprint density at radius 3 is 2.91 bits per heavy atom. The molecule has 120 valence electrons. The van der Waals surface area contributed by atoms with Gasteiger partial charge in [-0.1, -0.05) is 38.0 Å². The van der Waals surface area contributed by atoms with Crippen molar-refractivity contribution in [2.45, 2.75) is 44.4 Å². The molecule has 1 heterocycles. The lowest BCUT2D eigenvalue weighted by atomic mass is 10.3. The summed E-state index contributed by atoms with van der Waals surface area (Å²) in [7, 11) is 0. The van der Waals surface area contributed by atoms with E-state index < -0.39 is 6.09 Å². The number of carbonyl (C=O) groups is 1. The molecule has 0 unspecified atom stereocenters. The van der Waals surface area contributed by atoms with Crippen LogP contribution in [0.25, 0.3) is 10.2 Å². The smallest absolute Gasteiger partial charge is 0.413 e. The Morgan fingerprint density at radius 2 is 2.14 bits per heavy atom. The van der Waals surface area contributed by atoms with E-state index in [1.807, 2.05) is 17.8 Å². The van der Waals surface area contributed by atoms with Crippen molar-refractivity contribution in [1.29, 1.82) is 0 Å². The normalized spacial score (nSPS) is 10.8. The molecular formula is C16H22N2O2S2. The molecule has 0 atom stereocenters. The molecule has 6 heteroatoms. The first-order chi connectivity index (χ1) is 10.7.